The highest BCUT2D eigenvalue weighted by molar-refractivity contribution is 7.07. The fourth-order valence-corrected chi connectivity index (χ4v) is 5.02. The highest BCUT2D eigenvalue weighted by Crippen LogP contribution is 2.60. The number of carbonyl (C=O) groups excluding carboxylic acids is 1. The summed E-state index contributed by atoms with van der Waals surface area (Å²) in [7, 11) is 3.61. The van der Waals surface area contributed by atoms with E-state index in [4.69, 9.17) is 4.74 Å². The van der Waals surface area contributed by atoms with Gasteiger partial charge in [0.25, 0.3) is 0 Å². The molecule has 154 valence electrons. The summed E-state index contributed by atoms with van der Waals surface area (Å²) in [6, 6.07) is 8.08. The number of hydrogen-bond donors (Lipinski definition) is 0. The minimum Gasteiger partial charge on any atom is -0.496 e. The van der Waals surface area contributed by atoms with Crippen LogP contribution in [0.4, 0.5) is 0 Å². The fraction of sp³-hybridized carbons (Fsp3) is 0.478. The summed E-state index contributed by atoms with van der Waals surface area (Å²) >= 11 is 1.58. The number of likely N-dealkylation sites (tertiary alicyclic amines) is 1. The molecule has 2 heterocycles. The van der Waals surface area contributed by atoms with Crippen molar-refractivity contribution in [3.8, 4) is 5.75 Å². The van der Waals surface area contributed by atoms with E-state index in [1.807, 2.05) is 41.0 Å². The number of amides is 1. The van der Waals surface area contributed by atoms with Crippen molar-refractivity contribution in [1.29, 1.82) is 0 Å². The van der Waals surface area contributed by atoms with Gasteiger partial charge in [0.1, 0.15) is 5.75 Å². The van der Waals surface area contributed by atoms with Gasteiger partial charge in [0.15, 0.2) is 0 Å². The summed E-state index contributed by atoms with van der Waals surface area (Å²) in [5.74, 6) is 1.40. The summed E-state index contributed by atoms with van der Waals surface area (Å²) in [5.41, 5.74) is 4.16. The van der Waals surface area contributed by atoms with Crippen LogP contribution < -0.4 is 4.74 Å². The molecule has 1 saturated carbocycles. The molecule has 1 unspecified atom stereocenters. The van der Waals surface area contributed by atoms with Gasteiger partial charge in [0, 0.05) is 30.5 Å². The molecule has 1 atom stereocenters. The lowest BCUT2D eigenvalue weighted by Gasteiger charge is -2.32. The van der Waals surface area contributed by atoms with E-state index in [1.54, 1.807) is 18.4 Å². The zero-order chi connectivity index (χ0) is 20.3. The number of rotatable bonds is 7. The molecule has 29 heavy (non-hydrogen) atoms. The van der Waals surface area contributed by atoms with Crippen LogP contribution in [-0.2, 0) is 11.3 Å². The Morgan fingerprint density at radius 2 is 2.17 bits per heavy atom. The highest BCUT2D eigenvalue weighted by atomic mass is 32.1. The lowest BCUT2D eigenvalue weighted by atomic mass is 9.90. The molecule has 1 spiro atoms. The van der Waals surface area contributed by atoms with Crippen molar-refractivity contribution in [3.05, 3.63) is 52.5 Å². The third-order valence-electron chi connectivity index (χ3n) is 6.40. The van der Waals surface area contributed by atoms with Crippen molar-refractivity contribution in [2.45, 2.75) is 25.8 Å². The lowest BCUT2D eigenvalue weighted by molar-refractivity contribution is -0.133. The van der Waals surface area contributed by atoms with Gasteiger partial charge in [-0.25, -0.2) is 4.98 Å². The van der Waals surface area contributed by atoms with Crippen molar-refractivity contribution >= 4 is 23.3 Å². The molecule has 4 rings (SSSR count). The molecule has 5 nitrogen and oxygen atoms in total. The Morgan fingerprint density at radius 3 is 2.90 bits per heavy atom. The second-order valence-electron chi connectivity index (χ2n) is 8.24. The Bertz CT molecular complexity index is 857. The Morgan fingerprint density at radius 1 is 1.38 bits per heavy atom. The van der Waals surface area contributed by atoms with Gasteiger partial charge in [-0.15, -0.1) is 11.3 Å². The maximum Gasteiger partial charge on any atom is 0.226 e. The fourth-order valence-electron chi connectivity index (χ4n) is 4.47. The second-order valence-corrected chi connectivity index (χ2v) is 8.96. The minimum atomic E-state index is 0.206. The number of methoxy groups -OCH3 is 1. The SMILES string of the molecule is COc1ccccc1/C=C/CN1CCC2(CC1)CC2C(=O)N(C)Cc1cscn1. The first-order chi connectivity index (χ1) is 14.1. The van der Waals surface area contributed by atoms with Gasteiger partial charge in [-0.05, 0) is 43.8 Å². The molecule has 0 bridgehead atoms. The minimum absolute atomic E-state index is 0.206. The number of nitrogens with zero attached hydrogens (tertiary/aromatic N) is 3. The van der Waals surface area contributed by atoms with Gasteiger partial charge in [0.05, 0.1) is 24.9 Å². The van der Waals surface area contributed by atoms with Crippen molar-refractivity contribution in [2.75, 3.05) is 33.8 Å². The summed E-state index contributed by atoms with van der Waals surface area (Å²) in [4.78, 5) is 21.5. The molecular weight excluding hydrogens is 382 g/mol. The summed E-state index contributed by atoms with van der Waals surface area (Å²) in [5, 5.41) is 2.02. The maximum atomic E-state index is 12.8. The van der Waals surface area contributed by atoms with E-state index >= 15 is 0 Å². The highest BCUT2D eigenvalue weighted by Gasteiger charge is 2.58. The van der Waals surface area contributed by atoms with Crippen molar-refractivity contribution in [1.82, 2.24) is 14.8 Å². The number of piperidine rings is 1. The number of thiazole rings is 1. The van der Waals surface area contributed by atoms with Crippen LogP contribution in [0, 0.1) is 11.3 Å². The predicted octanol–water partition coefficient (Wildman–Crippen LogP) is 3.93. The van der Waals surface area contributed by atoms with Crippen LogP contribution in [0.1, 0.15) is 30.5 Å². The number of para-hydroxylation sites is 1. The molecule has 0 N–H and O–H groups in total. The van der Waals surface area contributed by atoms with Crippen LogP contribution in [0.15, 0.2) is 41.2 Å². The third-order valence-corrected chi connectivity index (χ3v) is 7.03. The van der Waals surface area contributed by atoms with E-state index < -0.39 is 0 Å². The summed E-state index contributed by atoms with van der Waals surface area (Å²) < 4.78 is 5.41. The average Bonchev–Trinajstić information content (AvgIpc) is 3.18. The molecule has 2 aromatic rings. The zero-order valence-corrected chi connectivity index (χ0v) is 18.0. The van der Waals surface area contributed by atoms with E-state index in [9.17, 15) is 4.79 Å². The molecule has 2 aliphatic rings. The van der Waals surface area contributed by atoms with Crippen LogP contribution >= 0.6 is 11.3 Å². The second kappa shape index (κ2) is 8.67. The predicted molar refractivity (Wildman–Crippen MR) is 117 cm³/mol. The molecule has 1 saturated heterocycles. The average molecular weight is 412 g/mol. The van der Waals surface area contributed by atoms with Crippen LogP contribution in [0.3, 0.4) is 0 Å². The van der Waals surface area contributed by atoms with Crippen molar-refractivity contribution in [3.63, 3.8) is 0 Å². The van der Waals surface area contributed by atoms with Gasteiger partial charge in [-0.3, -0.25) is 9.69 Å². The molecule has 0 radical (unpaired) electrons. The molecule has 1 aliphatic heterocycles. The molecule has 1 aromatic heterocycles. The van der Waals surface area contributed by atoms with Gasteiger partial charge < -0.3 is 9.64 Å². The number of aromatic nitrogens is 1. The van der Waals surface area contributed by atoms with Gasteiger partial charge in [0.2, 0.25) is 5.91 Å². The Hall–Kier alpha value is -2.18. The number of benzene rings is 1. The maximum absolute atomic E-state index is 12.8. The van der Waals surface area contributed by atoms with Gasteiger partial charge >= 0.3 is 0 Å². The monoisotopic (exact) mass is 411 g/mol. The molecular formula is C23H29N3O2S. The largest absolute Gasteiger partial charge is 0.496 e. The first kappa shape index (κ1) is 20.1. The Balaban J connectivity index is 1.24. The normalized spacial score (nSPS) is 20.8. The molecule has 1 amide bonds. The van der Waals surface area contributed by atoms with E-state index in [0.717, 1.165) is 55.9 Å². The topological polar surface area (TPSA) is 45.7 Å². The van der Waals surface area contributed by atoms with Gasteiger partial charge in [-0.1, -0.05) is 30.4 Å². The van der Waals surface area contributed by atoms with Crippen molar-refractivity contribution in [2.24, 2.45) is 11.3 Å². The molecule has 2 fully saturated rings. The van der Waals surface area contributed by atoms with Crippen molar-refractivity contribution < 1.29 is 9.53 Å². The standard InChI is InChI=1S/C23H29N3O2S/c1-25(15-19-16-29-17-24-19)22(27)20-14-23(20)9-12-26(13-10-23)11-5-7-18-6-3-4-8-21(18)28-2/h3-8,16-17,20H,9-15H2,1-2H3/b7-5+. The Labute approximate surface area is 177 Å². The van der Waals surface area contributed by atoms with E-state index in [1.165, 1.54) is 0 Å². The number of hydrogen-bond acceptors (Lipinski definition) is 5. The van der Waals surface area contributed by atoms with Crippen LogP contribution in [0.25, 0.3) is 6.08 Å². The lowest BCUT2D eigenvalue weighted by Crippen LogP contribution is -2.37. The van der Waals surface area contributed by atoms with Crippen LogP contribution in [0.5, 0.6) is 5.75 Å². The van der Waals surface area contributed by atoms with E-state index in [-0.39, 0.29) is 11.3 Å². The third kappa shape index (κ3) is 4.54. The Kier molecular flexibility index (Phi) is 6.01. The van der Waals surface area contributed by atoms with Gasteiger partial charge in [-0.2, -0.15) is 0 Å². The number of ether oxygens (including phenoxy) is 1. The summed E-state index contributed by atoms with van der Waals surface area (Å²) in [6.45, 7) is 3.69. The quantitative estimate of drug-likeness (QED) is 0.693. The number of carbonyl (C=O) groups is 1. The van der Waals surface area contributed by atoms with E-state index in [0.29, 0.717) is 12.5 Å². The first-order valence-electron chi connectivity index (χ1n) is 10.3. The molecule has 6 heteroatoms. The van der Waals surface area contributed by atoms with Crippen LogP contribution in [-0.4, -0.2) is 54.5 Å². The zero-order valence-electron chi connectivity index (χ0n) is 17.2. The first-order valence-corrected chi connectivity index (χ1v) is 11.2. The van der Waals surface area contributed by atoms with E-state index in [2.05, 4.69) is 28.1 Å². The smallest absolute Gasteiger partial charge is 0.226 e. The van der Waals surface area contributed by atoms with Crippen LogP contribution in [0.2, 0.25) is 0 Å². The molecule has 1 aromatic carbocycles. The summed E-state index contributed by atoms with van der Waals surface area (Å²) in [6.07, 6.45) is 7.65. The molecule has 1 aliphatic carbocycles.